The summed E-state index contributed by atoms with van der Waals surface area (Å²) in [6, 6.07) is 0. The predicted molar refractivity (Wildman–Crippen MR) is 57.3 cm³/mol. The summed E-state index contributed by atoms with van der Waals surface area (Å²) in [4.78, 5) is 5.21. The van der Waals surface area contributed by atoms with E-state index in [0.717, 1.165) is 0 Å². The minimum atomic E-state index is -0.105. The molecule has 6 nitrogen and oxygen atoms in total. The molecule has 0 amide bonds. The molecule has 0 rings (SSSR count). The summed E-state index contributed by atoms with van der Waals surface area (Å²) in [5, 5.41) is 7.43. The van der Waals surface area contributed by atoms with Crippen LogP contribution in [0.25, 0.3) is 0 Å². The van der Waals surface area contributed by atoms with Gasteiger partial charge in [0, 0.05) is 13.6 Å². The second-order valence-corrected chi connectivity index (χ2v) is 3.20. The molecule has 0 fully saturated rings. The minimum Gasteiger partial charge on any atom is -0.377 e. The molecule has 0 aliphatic heterocycles. The summed E-state index contributed by atoms with van der Waals surface area (Å²) in [6.45, 7) is 5.06. The Morgan fingerprint density at radius 2 is 2.07 bits per heavy atom. The summed E-state index contributed by atoms with van der Waals surface area (Å²) in [7, 11) is 1.73. The number of hydrogen-bond donors (Lipinski definition) is 3. The maximum absolute atomic E-state index is 7.43. The summed E-state index contributed by atoms with van der Waals surface area (Å²) < 4.78 is 5.32. The van der Waals surface area contributed by atoms with Gasteiger partial charge in [-0.15, -0.1) is 0 Å². The van der Waals surface area contributed by atoms with E-state index in [4.69, 9.17) is 21.6 Å². The number of rotatable bonds is 4. The van der Waals surface area contributed by atoms with E-state index in [1.54, 1.807) is 11.9 Å². The first kappa shape index (κ1) is 12.7. The van der Waals surface area contributed by atoms with Crippen molar-refractivity contribution in [2.75, 3.05) is 20.2 Å². The molecule has 0 saturated carbocycles. The fourth-order valence-corrected chi connectivity index (χ4v) is 0.739. The van der Waals surface area contributed by atoms with E-state index in [2.05, 4.69) is 4.99 Å². The van der Waals surface area contributed by atoms with E-state index in [0.29, 0.717) is 13.2 Å². The van der Waals surface area contributed by atoms with Gasteiger partial charge in [0.2, 0.25) is 5.96 Å². The fraction of sp³-hybridized carbons (Fsp3) is 0.750. The highest BCUT2D eigenvalue weighted by atomic mass is 16.5. The Morgan fingerprint density at radius 1 is 1.50 bits per heavy atom. The van der Waals surface area contributed by atoms with Crippen molar-refractivity contribution in [1.29, 1.82) is 5.41 Å². The number of aliphatic imine (C=N–C) groups is 1. The lowest BCUT2D eigenvalue weighted by atomic mass is 10.5. The Hall–Kier alpha value is -1.30. The number of nitrogens with zero attached hydrogens (tertiary/aromatic N) is 2. The quantitative estimate of drug-likeness (QED) is 0.423. The first-order valence-electron chi connectivity index (χ1n) is 4.44. The molecule has 82 valence electrons. The van der Waals surface area contributed by atoms with Crippen molar-refractivity contribution in [3.8, 4) is 0 Å². The fourth-order valence-electron chi connectivity index (χ4n) is 0.739. The molecule has 0 radical (unpaired) electrons. The van der Waals surface area contributed by atoms with Crippen LogP contribution in [0.5, 0.6) is 0 Å². The van der Waals surface area contributed by atoms with Gasteiger partial charge in [-0.2, -0.15) is 4.99 Å². The van der Waals surface area contributed by atoms with Gasteiger partial charge >= 0.3 is 0 Å². The zero-order chi connectivity index (χ0) is 11.1. The van der Waals surface area contributed by atoms with Crippen LogP contribution in [0.2, 0.25) is 0 Å². The van der Waals surface area contributed by atoms with Crippen molar-refractivity contribution in [3.05, 3.63) is 0 Å². The van der Waals surface area contributed by atoms with Gasteiger partial charge < -0.3 is 21.1 Å². The number of nitrogens with two attached hydrogens (primary N) is 2. The molecule has 0 aromatic rings. The minimum absolute atomic E-state index is 0.0392. The van der Waals surface area contributed by atoms with Crippen LogP contribution in [0.1, 0.15) is 13.8 Å². The lowest BCUT2D eigenvalue weighted by Crippen LogP contribution is -2.32. The lowest BCUT2D eigenvalue weighted by molar-refractivity contribution is 0.0723. The highest BCUT2D eigenvalue weighted by molar-refractivity contribution is 5.91. The second-order valence-electron chi connectivity index (χ2n) is 3.20. The van der Waals surface area contributed by atoms with E-state index < -0.39 is 0 Å². The molecule has 0 bridgehead atoms. The molecule has 0 aliphatic carbocycles. The number of nitrogens with one attached hydrogen (secondary N) is 1. The third-order valence-corrected chi connectivity index (χ3v) is 1.47. The van der Waals surface area contributed by atoms with Crippen LogP contribution >= 0.6 is 0 Å². The molecule has 0 atom stereocenters. The highest BCUT2D eigenvalue weighted by Gasteiger charge is 2.03. The Labute approximate surface area is 84.4 Å². The van der Waals surface area contributed by atoms with Crippen LogP contribution < -0.4 is 11.5 Å². The van der Waals surface area contributed by atoms with Crippen molar-refractivity contribution in [1.82, 2.24) is 4.90 Å². The monoisotopic (exact) mass is 201 g/mol. The summed E-state index contributed by atoms with van der Waals surface area (Å²) in [5.41, 5.74) is 10.3. The Kier molecular flexibility index (Phi) is 5.62. The maximum atomic E-state index is 7.43. The molecule has 0 heterocycles. The first-order chi connectivity index (χ1) is 6.43. The molecule has 0 saturated heterocycles. The summed E-state index contributed by atoms with van der Waals surface area (Å²) >= 11 is 0. The lowest BCUT2D eigenvalue weighted by Gasteiger charge is -2.17. The van der Waals surface area contributed by atoms with Gasteiger partial charge in [-0.1, -0.05) is 0 Å². The number of ether oxygens (including phenoxy) is 1. The Morgan fingerprint density at radius 3 is 2.50 bits per heavy atom. The predicted octanol–water partition coefficient (Wildman–Crippen LogP) is -0.449. The van der Waals surface area contributed by atoms with E-state index >= 15 is 0 Å². The van der Waals surface area contributed by atoms with E-state index in [1.807, 2.05) is 13.8 Å². The zero-order valence-electron chi connectivity index (χ0n) is 8.95. The zero-order valence-corrected chi connectivity index (χ0v) is 8.95. The molecular formula is C8H19N5O. The van der Waals surface area contributed by atoms with E-state index in [-0.39, 0.29) is 18.0 Å². The average molecular weight is 201 g/mol. The normalized spacial score (nSPS) is 10.0. The molecular weight excluding hydrogens is 182 g/mol. The molecule has 0 aromatic carbocycles. The molecule has 0 aromatic heterocycles. The average Bonchev–Trinajstić information content (AvgIpc) is 2.01. The summed E-state index contributed by atoms with van der Waals surface area (Å²) in [5.74, 6) is -0.0658. The smallest absolute Gasteiger partial charge is 0.220 e. The van der Waals surface area contributed by atoms with E-state index in [9.17, 15) is 0 Å². The molecule has 0 spiro atoms. The highest BCUT2D eigenvalue weighted by Crippen LogP contribution is 1.91. The van der Waals surface area contributed by atoms with Crippen molar-refractivity contribution in [2.24, 2.45) is 16.5 Å². The van der Waals surface area contributed by atoms with Gasteiger partial charge in [0.25, 0.3) is 0 Å². The Bertz CT molecular complexity index is 210. The number of likely N-dealkylation sites (N-methyl/N-ethyl adjacent to an activating group) is 1. The van der Waals surface area contributed by atoms with Crippen LogP contribution in [-0.2, 0) is 4.74 Å². The van der Waals surface area contributed by atoms with Gasteiger partial charge in [-0.05, 0) is 13.8 Å². The molecule has 5 N–H and O–H groups in total. The molecule has 6 heteroatoms. The van der Waals surface area contributed by atoms with Gasteiger partial charge in [0.15, 0.2) is 5.96 Å². The Balaban J connectivity index is 3.79. The molecule has 0 unspecified atom stereocenters. The first-order valence-corrected chi connectivity index (χ1v) is 4.44. The van der Waals surface area contributed by atoms with Crippen LogP contribution in [0.4, 0.5) is 0 Å². The van der Waals surface area contributed by atoms with Crippen LogP contribution in [0, 0.1) is 5.41 Å². The standard InChI is InChI=1S/C8H19N5O/c1-6(2)14-5-4-13(3)8(11)12-7(9)10/h6H,4-5H2,1-3H3,(H5,9,10,11,12). The largest absolute Gasteiger partial charge is 0.377 e. The van der Waals surface area contributed by atoms with Crippen LogP contribution in [0.15, 0.2) is 4.99 Å². The topological polar surface area (TPSA) is 101 Å². The van der Waals surface area contributed by atoms with Crippen molar-refractivity contribution in [2.45, 2.75) is 20.0 Å². The molecule has 14 heavy (non-hydrogen) atoms. The van der Waals surface area contributed by atoms with Crippen LogP contribution in [-0.4, -0.2) is 43.1 Å². The van der Waals surface area contributed by atoms with Crippen molar-refractivity contribution >= 4 is 11.9 Å². The van der Waals surface area contributed by atoms with Crippen LogP contribution in [0.3, 0.4) is 0 Å². The number of hydrogen-bond acceptors (Lipinski definition) is 2. The third kappa shape index (κ3) is 6.24. The summed E-state index contributed by atoms with van der Waals surface area (Å²) in [6.07, 6.45) is 0.195. The van der Waals surface area contributed by atoms with E-state index in [1.165, 1.54) is 0 Å². The van der Waals surface area contributed by atoms with Gasteiger partial charge in [0.05, 0.1) is 12.7 Å². The van der Waals surface area contributed by atoms with Crippen molar-refractivity contribution < 1.29 is 4.74 Å². The second kappa shape index (κ2) is 6.20. The van der Waals surface area contributed by atoms with Crippen molar-refractivity contribution in [3.63, 3.8) is 0 Å². The maximum Gasteiger partial charge on any atom is 0.220 e. The number of guanidine groups is 2. The third-order valence-electron chi connectivity index (χ3n) is 1.47. The van der Waals surface area contributed by atoms with Gasteiger partial charge in [0.1, 0.15) is 0 Å². The van der Waals surface area contributed by atoms with Gasteiger partial charge in [-0.3, -0.25) is 5.41 Å². The van der Waals surface area contributed by atoms with Gasteiger partial charge in [-0.25, -0.2) is 0 Å². The SMILES string of the molecule is CC(C)OCCN(C)C(=N)N=C(N)N. The molecule has 0 aliphatic rings.